The van der Waals surface area contributed by atoms with Crippen LogP contribution in [0.3, 0.4) is 0 Å². The molecule has 1 amide bonds. The van der Waals surface area contributed by atoms with Crippen LogP contribution in [-0.4, -0.2) is 57.7 Å². The van der Waals surface area contributed by atoms with E-state index in [0.717, 1.165) is 32.1 Å². The number of hydrogen-bond donors (Lipinski definition) is 1. The van der Waals surface area contributed by atoms with Crippen LogP contribution in [0.15, 0.2) is 0 Å². The summed E-state index contributed by atoms with van der Waals surface area (Å²) in [6.07, 6.45) is 5.34. The molecule has 3 aliphatic rings. The molecule has 1 aliphatic carbocycles. The lowest BCUT2D eigenvalue weighted by Crippen LogP contribution is -2.48. The molecule has 0 aromatic rings. The Bertz CT molecular complexity index is 676. The molecular weight excluding hydrogens is 386 g/mol. The number of ether oxygens (including phenoxy) is 2. The zero-order chi connectivity index (χ0) is 22.3. The van der Waals surface area contributed by atoms with Gasteiger partial charge in [0, 0.05) is 12.5 Å². The summed E-state index contributed by atoms with van der Waals surface area (Å²) < 4.78 is 11.6. The number of hydrogen-bond acceptors (Lipinski definition) is 5. The molecule has 0 radical (unpaired) electrons. The van der Waals surface area contributed by atoms with Crippen LogP contribution in [0.5, 0.6) is 0 Å². The fourth-order valence-electron chi connectivity index (χ4n) is 5.58. The van der Waals surface area contributed by atoms with Gasteiger partial charge in [0.15, 0.2) is 0 Å². The summed E-state index contributed by atoms with van der Waals surface area (Å²) in [7, 11) is 0. The largest absolute Gasteiger partial charge is 0.480 e. The fourth-order valence-corrected chi connectivity index (χ4v) is 5.58. The van der Waals surface area contributed by atoms with E-state index in [4.69, 9.17) is 9.47 Å². The summed E-state index contributed by atoms with van der Waals surface area (Å²) in [6, 6.07) is -0.894. The predicted molar refractivity (Wildman–Crippen MR) is 111 cm³/mol. The van der Waals surface area contributed by atoms with Gasteiger partial charge in [0.05, 0.1) is 24.0 Å². The van der Waals surface area contributed by atoms with Crippen molar-refractivity contribution in [2.45, 2.75) is 103 Å². The molecule has 2 heterocycles. The van der Waals surface area contributed by atoms with Gasteiger partial charge in [-0.15, -0.1) is 0 Å². The van der Waals surface area contributed by atoms with Crippen LogP contribution in [0, 0.1) is 17.8 Å². The number of carbonyl (C=O) groups is 3. The minimum Gasteiger partial charge on any atom is -0.480 e. The Kier molecular flexibility index (Phi) is 6.51. The van der Waals surface area contributed by atoms with Crippen LogP contribution in [0.4, 0.5) is 0 Å². The molecule has 7 nitrogen and oxygen atoms in total. The molecule has 0 spiro atoms. The maximum Gasteiger partial charge on any atom is 0.326 e. The van der Waals surface area contributed by atoms with Crippen LogP contribution < -0.4 is 0 Å². The summed E-state index contributed by atoms with van der Waals surface area (Å²) >= 11 is 0. The van der Waals surface area contributed by atoms with Gasteiger partial charge in [-0.05, 0) is 59.8 Å². The number of aliphatic carboxylic acids is 1. The first-order valence-electron chi connectivity index (χ1n) is 11.3. The monoisotopic (exact) mass is 423 g/mol. The van der Waals surface area contributed by atoms with Gasteiger partial charge < -0.3 is 19.5 Å². The van der Waals surface area contributed by atoms with E-state index in [-0.39, 0.29) is 42.4 Å². The Morgan fingerprint density at radius 3 is 2.37 bits per heavy atom. The molecule has 170 valence electrons. The molecule has 30 heavy (non-hydrogen) atoms. The maximum absolute atomic E-state index is 13.7. The Hall–Kier alpha value is -1.63. The topological polar surface area (TPSA) is 93.1 Å². The average Bonchev–Trinajstić information content (AvgIpc) is 3.09. The molecule has 4 atom stereocenters. The average molecular weight is 424 g/mol. The third-order valence-electron chi connectivity index (χ3n) is 6.67. The lowest BCUT2D eigenvalue weighted by atomic mass is 9.77. The Balaban J connectivity index is 1.81. The summed E-state index contributed by atoms with van der Waals surface area (Å²) in [5.41, 5.74) is -0.998. The van der Waals surface area contributed by atoms with Crippen molar-refractivity contribution >= 4 is 17.8 Å². The van der Waals surface area contributed by atoms with Crippen molar-refractivity contribution in [2.24, 2.45) is 17.8 Å². The van der Waals surface area contributed by atoms with Gasteiger partial charge in [0.25, 0.3) is 0 Å². The summed E-state index contributed by atoms with van der Waals surface area (Å²) in [5, 5.41) is 9.94. The Morgan fingerprint density at radius 1 is 1.17 bits per heavy atom. The summed E-state index contributed by atoms with van der Waals surface area (Å²) in [6.45, 7) is 9.63. The first-order chi connectivity index (χ1) is 13.9. The molecule has 2 saturated heterocycles. The minimum absolute atomic E-state index is 0.00525. The molecule has 0 bridgehead atoms. The highest BCUT2D eigenvalue weighted by molar-refractivity contribution is 5.89. The lowest BCUT2D eigenvalue weighted by molar-refractivity contribution is -0.161. The highest BCUT2D eigenvalue weighted by Gasteiger charge is 2.56. The van der Waals surface area contributed by atoms with E-state index in [1.54, 1.807) is 0 Å². The molecular formula is C23H37NO6. The number of amides is 1. The normalized spacial score (nSPS) is 30.0. The van der Waals surface area contributed by atoms with Gasteiger partial charge in [-0.25, -0.2) is 4.79 Å². The molecule has 1 unspecified atom stereocenters. The summed E-state index contributed by atoms with van der Waals surface area (Å²) in [5.74, 6) is -2.27. The van der Waals surface area contributed by atoms with E-state index in [2.05, 4.69) is 0 Å². The van der Waals surface area contributed by atoms with Crippen molar-refractivity contribution in [3.63, 3.8) is 0 Å². The van der Waals surface area contributed by atoms with Crippen LogP contribution >= 0.6 is 0 Å². The molecule has 3 fully saturated rings. The number of esters is 1. The molecule has 0 aromatic heterocycles. The van der Waals surface area contributed by atoms with Crippen molar-refractivity contribution in [3.05, 3.63) is 0 Å². The summed E-state index contributed by atoms with van der Waals surface area (Å²) in [4.78, 5) is 39.9. The maximum atomic E-state index is 13.7. The van der Waals surface area contributed by atoms with Gasteiger partial charge in [0.2, 0.25) is 5.91 Å². The lowest BCUT2D eigenvalue weighted by Gasteiger charge is -2.35. The molecule has 2 aliphatic heterocycles. The number of carboxylic acids is 1. The SMILES string of the molecule is CC(C)(C)OC(=O)C[C@H](C(=O)N1CC2OC(C)(C)C[C@@H]2[C@H]1C(=O)O)C1CCCCC1. The molecule has 7 heteroatoms. The second-order valence-electron chi connectivity index (χ2n) is 10.9. The van der Waals surface area contributed by atoms with E-state index in [0.29, 0.717) is 6.42 Å². The Morgan fingerprint density at radius 2 is 1.80 bits per heavy atom. The van der Waals surface area contributed by atoms with Crippen LogP contribution in [0.25, 0.3) is 0 Å². The van der Waals surface area contributed by atoms with Crippen LogP contribution in [0.1, 0.15) is 79.6 Å². The van der Waals surface area contributed by atoms with E-state index < -0.39 is 29.5 Å². The van der Waals surface area contributed by atoms with Gasteiger partial charge in [-0.3, -0.25) is 9.59 Å². The highest BCUT2D eigenvalue weighted by atomic mass is 16.6. The van der Waals surface area contributed by atoms with Gasteiger partial charge in [-0.1, -0.05) is 19.3 Å². The number of fused-ring (bicyclic) bond motifs is 1. The van der Waals surface area contributed by atoms with Gasteiger partial charge >= 0.3 is 11.9 Å². The van der Waals surface area contributed by atoms with Crippen molar-refractivity contribution < 1.29 is 29.0 Å². The van der Waals surface area contributed by atoms with E-state index in [1.165, 1.54) is 4.90 Å². The number of likely N-dealkylation sites (tertiary alicyclic amines) is 1. The quantitative estimate of drug-likeness (QED) is 0.681. The third-order valence-corrected chi connectivity index (χ3v) is 6.67. The first-order valence-corrected chi connectivity index (χ1v) is 11.3. The van der Waals surface area contributed by atoms with Crippen LogP contribution in [-0.2, 0) is 23.9 Å². The molecule has 3 rings (SSSR count). The van der Waals surface area contributed by atoms with Crippen molar-refractivity contribution in [1.82, 2.24) is 4.90 Å². The number of nitrogens with zero attached hydrogens (tertiary/aromatic N) is 1. The first kappa shape index (κ1) is 23.0. The van der Waals surface area contributed by atoms with Gasteiger partial charge in [-0.2, -0.15) is 0 Å². The van der Waals surface area contributed by atoms with Crippen molar-refractivity contribution in [1.29, 1.82) is 0 Å². The van der Waals surface area contributed by atoms with Crippen molar-refractivity contribution in [2.75, 3.05) is 6.54 Å². The van der Waals surface area contributed by atoms with E-state index >= 15 is 0 Å². The second kappa shape index (κ2) is 8.48. The van der Waals surface area contributed by atoms with E-state index in [1.807, 2.05) is 34.6 Å². The van der Waals surface area contributed by atoms with E-state index in [9.17, 15) is 19.5 Å². The number of rotatable bonds is 5. The zero-order valence-corrected chi connectivity index (χ0v) is 19.0. The molecule has 0 aromatic carbocycles. The van der Waals surface area contributed by atoms with Gasteiger partial charge in [0.1, 0.15) is 11.6 Å². The molecule has 1 N–H and O–H groups in total. The zero-order valence-electron chi connectivity index (χ0n) is 19.0. The number of carbonyl (C=O) groups excluding carboxylic acids is 2. The smallest absolute Gasteiger partial charge is 0.326 e. The minimum atomic E-state index is -0.989. The molecule has 1 saturated carbocycles. The Labute approximate surface area is 179 Å². The standard InChI is InChI=1S/C23H37NO6/c1-22(2,3)30-18(25)11-15(14-9-7-6-8-10-14)20(26)24-13-17-16(19(24)21(27)28)12-23(4,5)29-17/h14-17,19H,6-13H2,1-5H3,(H,27,28)/t15-,16-,17?,19-/m0/s1. The second-order valence-corrected chi connectivity index (χ2v) is 10.9. The van der Waals surface area contributed by atoms with Crippen molar-refractivity contribution in [3.8, 4) is 0 Å². The fraction of sp³-hybridized carbons (Fsp3) is 0.870. The number of carboxylic acid groups (broad SMARTS) is 1. The highest BCUT2D eigenvalue weighted by Crippen LogP contribution is 2.44. The third kappa shape index (κ3) is 5.16. The van der Waals surface area contributed by atoms with Crippen LogP contribution in [0.2, 0.25) is 0 Å². The predicted octanol–water partition coefficient (Wildman–Crippen LogP) is 3.39.